The largest absolute Gasteiger partial charge is 0.497 e. The van der Waals surface area contributed by atoms with Crippen molar-refractivity contribution in [2.75, 3.05) is 20.0 Å². The number of Topliss-reactive ketones (excluding diaryl/α,β-unsaturated/α-hetero) is 1. The Morgan fingerprint density at radius 1 is 1.04 bits per heavy atom. The first-order valence-electron chi connectivity index (χ1n) is 7.34. The smallest absolute Gasteiger partial charge is 0.191 e. The highest BCUT2D eigenvalue weighted by Gasteiger charge is 2.33. The first kappa shape index (κ1) is 17.2. The van der Waals surface area contributed by atoms with Gasteiger partial charge in [-0.3, -0.25) is 4.79 Å². The number of hydrogen-bond acceptors (Lipinski definition) is 5. The quantitative estimate of drug-likeness (QED) is 0.620. The van der Waals surface area contributed by atoms with Crippen LogP contribution in [0.1, 0.15) is 15.9 Å². The van der Waals surface area contributed by atoms with E-state index in [2.05, 4.69) is 0 Å². The fraction of sp³-hybridized carbons (Fsp3) is 0.167. The second-order valence-electron chi connectivity index (χ2n) is 5.54. The van der Waals surface area contributed by atoms with Crippen LogP contribution in [0.15, 0.2) is 46.9 Å². The number of methoxy groups -OCH3 is 2. The Balaban J connectivity index is 2.13. The topological polar surface area (TPSA) is 69.7 Å². The second kappa shape index (κ2) is 6.33. The lowest BCUT2D eigenvalue weighted by Gasteiger charge is -2.18. The molecule has 2 aromatic rings. The number of rotatable bonds is 3. The van der Waals surface area contributed by atoms with Crippen LogP contribution >= 0.6 is 0 Å². The molecule has 0 radical (unpaired) electrons. The molecule has 2 aromatic carbocycles. The van der Waals surface area contributed by atoms with E-state index in [1.165, 1.54) is 20.3 Å². The maximum Gasteiger partial charge on any atom is 0.191 e. The van der Waals surface area contributed by atoms with E-state index in [-0.39, 0.29) is 16.0 Å². The van der Waals surface area contributed by atoms with E-state index in [1.54, 1.807) is 18.2 Å². The Kier molecular flexibility index (Phi) is 4.34. The highest BCUT2D eigenvalue weighted by molar-refractivity contribution is 7.91. The van der Waals surface area contributed by atoms with Gasteiger partial charge in [-0.15, -0.1) is 0 Å². The second-order valence-corrected chi connectivity index (χ2v) is 7.50. The van der Waals surface area contributed by atoms with E-state index in [1.807, 2.05) is 0 Å². The van der Waals surface area contributed by atoms with Gasteiger partial charge in [0.1, 0.15) is 17.3 Å². The molecule has 1 heterocycles. The zero-order chi connectivity index (χ0) is 18.2. The molecule has 1 aliphatic heterocycles. The maximum atomic E-state index is 13.5. The van der Waals surface area contributed by atoms with Crippen molar-refractivity contribution in [1.82, 2.24) is 0 Å². The van der Waals surface area contributed by atoms with Crippen LogP contribution in [0, 0.1) is 5.82 Å². The Bertz CT molecular complexity index is 970. The van der Waals surface area contributed by atoms with Crippen molar-refractivity contribution < 1.29 is 27.1 Å². The lowest BCUT2D eigenvalue weighted by Crippen LogP contribution is -2.24. The molecule has 5 nitrogen and oxygen atoms in total. The molecular weight excluding hydrogens is 347 g/mol. The van der Waals surface area contributed by atoms with Gasteiger partial charge >= 0.3 is 0 Å². The third kappa shape index (κ3) is 3.28. The monoisotopic (exact) mass is 362 g/mol. The molecule has 0 unspecified atom stereocenters. The minimum absolute atomic E-state index is 0.0633. The summed E-state index contributed by atoms with van der Waals surface area (Å²) >= 11 is 0. The Hall–Kier alpha value is -2.67. The fourth-order valence-electron chi connectivity index (χ4n) is 2.69. The van der Waals surface area contributed by atoms with Crippen LogP contribution in [0.5, 0.6) is 11.5 Å². The van der Waals surface area contributed by atoms with Crippen molar-refractivity contribution in [1.29, 1.82) is 0 Å². The van der Waals surface area contributed by atoms with Gasteiger partial charge in [0, 0.05) is 17.2 Å². The molecule has 0 bridgehead atoms. The first-order chi connectivity index (χ1) is 11.8. The van der Waals surface area contributed by atoms with Gasteiger partial charge in [-0.05, 0) is 42.0 Å². The molecule has 0 atom stereocenters. The summed E-state index contributed by atoms with van der Waals surface area (Å²) < 4.78 is 48.6. The van der Waals surface area contributed by atoms with Gasteiger partial charge in [0.25, 0.3) is 0 Å². The summed E-state index contributed by atoms with van der Waals surface area (Å²) in [7, 11) is -0.737. The molecule has 130 valence electrons. The highest BCUT2D eigenvalue weighted by Crippen LogP contribution is 2.31. The van der Waals surface area contributed by atoms with Crippen LogP contribution < -0.4 is 9.47 Å². The number of halogens is 1. The molecule has 0 saturated carbocycles. The summed E-state index contributed by atoms with van der Waals surface area (Å²) in [4.78, 5) is 12.5. The molecule has 0 N–H and O–H groups in total. The third-order valence-electron chi connectivity index (χ3n) is 3.87. The summed E-state index contributed by atoms with van der Waals surface area (Å²) in [6.07, 6.45) is 1.46. The SMILES string of the molecule is COc1cc(C=C2CS(=O)(=O)c3ccc(F)cc3C2=O)cc(OC)c1. The predicted octanol–water partition coefficient (Wildman–Crippen LogP) is 2.90. The average Bonchev–Trinajstić information content (AvgIpc) is 2.58. The standard InChI is InChI=1S/C18H15FO5S/c1-23-14-6-11(7-15(9-14)24-2)5-12-10-25(21,22)17-4-3-13(19)8-16(17)18(12)20/h3-9H,10H2,1-2H3. The molecule has 0 aromatic heterocycles. The van der Waals surface area contributed by atoms with Crippen molar-refractivity contribution in [2.45, 2.75) is 4.90 Å². The van der Waals surface area contributed by atoms with Gasteiger partial charge in [0.05, 0.1) is 24.9 Å². The number of benzene rings is 2. The Morgan fingerprint density at radius 3 is 2.28 bits per heavy atom. The van der Waals surface area contributed by atoms with Crippen LogP contribution in [0.2, 0.25) is 0 Å². The van der Waals surface area contributed by atoms with E-state index >= 15 is 0 Å². The van der Waals surface area contributed by atoms with Gasteiger partial charge in [-0.1, -0.05) is 0 Å². The van der Waals surface area contributed by atoms with Crippen molar-refractivity contribution in [3.05, 3.63) is 58.9 Å². The van der Waals surface area contributed by atoms with Crippen molar-refractivity contribution in [3.63, 3.8) is 0 Å². The number of carbonyl (C=O) groups is 1. The summed E-state index contributed by atoms with van der Waals surface area (Å²) in [5.74, 6) is -0.602. The van der Waals surface area contributed by atoms with Crippen LogP contribution in [-0.2, 0) is 9.84 Å². The van der Waals surface area contributed by atoms with E-state index in [0.717, 1.165) is 18.2 Å². The van der Waals surface area contributed by atoms with Crippen LogP contribution in [0.3, 0.4) is 0 Å². The number of hydrogen-bond donors (Lipinski definition) is 0. The summed E-state index contributed by atoms with van der Waals surface area (Å²) in [6, 6.07) is 8.07. The number of carbonyl (C=O) groups excluding carboxylic acids is 1. The zero-order valence-corrected chi connectivity index (χ0v) is 14.4. The molecule has 0 amide bonds. The van der Waals surface area contributed by atoms with E-state index in [9.17, 15) is 17.6 Å². The van der Waals surface area contributed by atoms with Gasteiger partial charge in [0.2, 0.25) is 0 Å². The molecule has 0 spiro atoms. The highest BCUT2D eigenvalue weighted by atomic mass is 32.2. The lowest BCUT2D eigenvalue weighted by molar-refractivity contribution is 0.103. The molecule has 0 fully saturated rings. The Labute approximate surface area is 144 Å². The molecular formula is C18H15FO5S. The van der Waals surface area contributed by atoms with Gasteiger partial charge in [-0.2, -0.15) is 0 Å². The molecule has 0 aliphatic carbocycles. The van der Waals surface area contributed by atoms with Gasteiger partial charge in [0.15, 0.2) is 15.6 Å². The number of sulfone groups is 1. The molecule has 1 aliphatic rings. The first-order valence-corrected chi connectivity index (χ1v) is 9.00. The van der Waals surface area contributed by atoms with E-state index < -0.39 is 27.2 Å². The minimum atomic E-state index is -3.71. The van der Waals surface area contributed by atoms with E-state index in [4.69, 9.17) is 9.47 Å². The minimum Gasteiger partial charge on any atom is -0.497 e. The summed E-state index contributed by atoms with van der Waals surface area (Å²) in [6.45, 7) is 0. The number of fused-ring (bicyclic) bond motifs is 1. The zero-order valence-electron chi connectivity index (χ0n) is 13.6. The number of ketones is 1. The molecule has 25 heavy (non-hydrogen) atoms. The van der Waals surface area contributed by atoms with Crippen LogP contribution in [0.4, 0.5) is 4.39 Å². The van der Waals surface area contributed by atoms with Crippen molar-refractivity contribution in [2.24, 2.45) is 0 Å². The molecule has 0 saturated heterocycles. The van der Waals surface area contributed by atoms with Crippen molar-refractivity contribution >= 4 is 21.7 Å². The van der Waals surface area contributed by atoms with Crippen molar-refractivity contribution in [3.8, 4) is 11.5 Å². The Morgan fingerprint density at radius 2 is 1.68 bits per heavy atom. The number of ether oxygens (including phenoxy) is 2. The molecule has 3 rings (SSSR count). The molecule has 7 heteroatoms. The summed E-state index contributed by atoms with van der Waals surface area (Å²) in [5.41, 5.74) is 0.468. The van der Waals surface area contributed by atoms with Gasteiger partial charge < -0.3 is 9.47 Å². The normalized spacial score (nSPS) is 17.2. The third-order valence-corrected chi connectivity index (χ3v) is 5.59. The van der Waals surface area contributed by atoms with Crippen LogP contribution in [0.25, 0.3) is 6.08 Å². The fourth-order valence-corrected chi connectivity index (χ4v) is 4.23. The van der Waals surface area contributed by atoms with Crippen LogP contribution in [-0.4, -0.2) is 34.2 Å². The average molecular weight is 362 g/mol. The summed E-state index contributed by atoms with van der Waals surface area (Å²) in [5, 5.41) is 0. The maximum absolute atomic E-state index is 13.5. The van der Waals surface area contributed by atoms with Gasteiger partial charge in [-0.25, -0.2) is 12.8 Å². The predicted molar refractivity (Wildman–Crippen MR) is 90.3 cm³/mol. The lowest BCUT2D eigenvalue weighted by atomic mass is 10.0. The van der Waals surface area contributed by atoms with E-state index in [0.29, 0.717) is 17.1 Å².